The summed E-state index contributed by atoms with van der Waals surface area (Å²) in [5, 5.41) is 10.8. The molecule has 2 aliphatic heterocycles. The minimum Gasteiger partial charge on any atom is -0.311 e. The van der Waals surface area contributed by atoms with Gasteiger partial charge >= 0.3 is 6.03 Å². The highest BCUT2D eigenvalue weighted by molar-refractivity contribution is 6.08. The molecule has 5 heteroatoms. The number of likely N-dealkylation sites (tertiary alicyclic amines) is 1. The van der Waals surface area contributed by atoms with Crippen LogP contribution in [0.15, 0.2) is 0 Å². The summed E-state index contributed by atoms with van der Waals surface area (Å²) < 4.78 is 0. The fourth-order valence-electron chi connectivity index (χ4n) is 2.75. The molecule has 0 aliphatic carbocycles. The van der Waals surface area contributed by atoms with E-state index in [1.165, 1.54) is 0 Å². The summed E-state index contributed by atoms with van der Waals surface area (Å²) in [5.74, 6) is 0.833. The average Bonchev–Trinajstić information content (AvgIpc) is 2.47. The number of carbonyl (C=O) groups is 1. The van der Waals surface area contributed by atoms with Crippen molar-refractivity contribution in [3.05, 3.63) is 0 Å². The largest absolute Gasteiger partial charge is 0.323 e. The molecule has 2 saturated heterocycles. The highest BCUT2D eigenvalue weighted by Crippen LogP contribution is 2.33. The number of amides is 2. The first-order valence-electron chi connectivity index (χ1n) is 6.32. The molecule has 1 spiro atoms. The Labute approximate surface area is 103 Å². The van der Waals surface area contributed by atoms with Crippen LogP contribution in [0.3, 0.4) is 0 Å². The number of urea groups is 1. The second kappa shape index (κ2) is 4.29. The van der Waals surface area contributed by atoms with Crippen LogP contribution in [0.4, 0.5) is 4.79 Å². The highest BCUT2D eigenvalue weighted by Gasteiger charge is 2.51. The topological polar surface area (TPSA) is 59.4 Å². The van der Waals surface area contributed by atoms with Gasteiger partial charge in [0.25, 0.3) is 0 Å². The monoisotopic (exact) mass is 238 g/mol. The lowest BCUT2D eigenvalue weighted by molar-refractivity contribution is 0.107. The predicted octanol–water partition coefficient (Wildman–Crippen LogP) is 1.11. The fourth-order valence-corrected chi connectivity index (χ4v) is 2.75. The van der Waals surface area contributed by atoms with E-state index in [1.807, 2.05) is 4.90 Å². The number of carbonyl (C=O) groups excluding carboxylic acids is 1. The fraction of sp³-hybridized carbons (Fsp3) is 0.833. The van der Waals surface area contributed by atoms with Gasteiger partial charge in [-0.15, -0.1) is 0 Å². The van der Waals surface area contributed by atoms with Crippen LogP contribution < -0.4 is 5.32 Å². The van der Waals surface area contributed by atoms with Gasteiger partial charge in [0, 0.05) is 19.6 Å². The van der Waals surface area contributed by atoms with E-state index in [0.717, 1.165) is 32.5 Å². The minimum atomic E-state index is -0.353. The molecule has 0 bridgehead atoms. The van der Waals surface area contributed by atoms with Crippen molar-refractivity contribution in [3.8, 4) is 0 Å². The SMILES string of the molecule is CC(C)CN1C(=O)NC(=N)C12CCN(C)CC2. The molecule has 0 saturated carbocycles. The summed E-state index contributed by atoms with van der Waals surface area (Å²) in [7, 11) is 2.09. The molecule has 2 aliphatic rings. The number of piperidine rings is 1. The first-order valence-corrected chi connectivity index (χ1v) is 6.32. The number of rotatable bonds is 2. The molecular formula is C12H22N4O. The quantitative estimate of drug-likeness (QED) is 0.757. The van der Waals surface area contributed by atoms with Gasteiger partial charge in [-0.05, 0) is 25.8 Å². The maximum Gasteiger partial charge on any atom is 0.323 e. The van der Waals surface area contributed by atoms with E-state index >= 15 is 0 Å². The third-order valence-corrected chi connectivity index (χ3v) is 3.82. The Morgan fingerprint density at radius 1 is 1.41 bits per heavy atom. The Balaban J connectivity index is 2.22. The second-order valence-corrected chi connectivity index (χ2v) is 5.64. The van der Waals surface area contributed by atoms with Gasteiger partial charge in [-0.2, -0.15) is 0 Å². The molecule has 0 radical (unpaired) electrons. The zero-order valence-electron chi connectivity index (χ0n) is 10.9. The summed E-state index contributed by atoms with van der Waals surface area (Å²) in [6.45, 7) is 6.85. The number of amidine groups is 1. The number of hydrogen-bond acceptors (Lipinski definition) is 3. The molecule has 5 nitrogen and oxygen atoms in total. The maximum absolute atomic E-state index is 11.9. The second-order valence-electron chi connectivity index (χ2n) is 5.64. The molecule has 96 valence electrons. The molecule has 2 N–H and O–H groups in total. The Bertz CT molecular complexity index is 331. The Morgan fingerprint density at radius 3 is 2.53 bits per heavy atom. The molecule has 2 rings (SSSR count). The van der Waals surface area contributed by atoms with Crippen molar-refractivity contribution in [2.24, 2.45) is 5.92 Å². The Kier molecular flexibility index (Phi) is 3.12. The third-order valence-electron chi connectivity index (χ3n) is 3.82. The van der Waals surface area contributed by atoms with Crippen molar-refractivity contribution in [1.82, 2.24) is 15.1 Å². The predicted molar refractivity (Wildman–Crippen MR) is 67.3 cm³/mol. The molecule has 0 aromatic rings. The molecule has 17 heavy (non-hydrogen) atoms. The standard InChI is InChI=1S/C12H22N4O/c1-9(2)8-16-11(17)14-10(13)12(16)4-6-15(3)7-5-12/h9H,4-8H2,1-3H3,(H2,13,14,17). The van der Waals surface area contributed by atoms with Gasteiger partial charge < -0.3 is 9.80 Å². The van der Waals surface area contributed by atoms with Gasteiger partial charge in [0.15, 0.2) is 0 Å². The van der Waals surface area contributed by atoms with Crippen LogP contribution in [0.5, 0.6) is 0 Å². The van der Waals surface area contributed by atoms with E-state index in [9.17, 15) is 4.79 Å². The molecule has 0 aromatic carbocycles. The van der Waals surface area contributed by atoms with Crippen molar-refractivity contribution < 1.29 is 4.79 Å². The van der Waals surface area contributed by atoms with Crippen molar-refractivity contribution >= 4 is 11.9 Å². The maximum atomic E-state index is 11.9. The van der Waals surface area contributed by atoms with Gasteiger partial charge in [0.2, 0.25) is 0 Å². The van der Waals surface area contributed by atoms with Crippen molar-refractivity contribution in [2.75, 3.05) is 26.7 Å². The normalized spacial score (nSPS) is 24.8. The van der Waals surface area contributed by atoms with E-state index in [4.69, 9.17) is 5.41 Å². The Hall–Kier alpha value is -1.10. The minimum absolute atomic E-state index is 0.0896. The summed E-state index contributed by atoms with van der Waals surface area (Å²) in [5.41, 5.74) is -0.353. The first kappa shape index (κ1) is 12.4. The molecule has 0 aromatic heterocycles. The third kappa shape index (κ3) is 2.04. The number of nitrogens with zero attached hydrogens (tertiary/aromatic N) is 2. The summed E-state index contributed by atoms with van der Waals surface area (Å²) in [4.78, 5) is 16.1. The zero-order chi connectivity index (χ0) is 12.6. The van der Waals surface area contributed by atoms with Crippen molar-refractivity contribution in [3.63, 3.8) is 0 Å². The van der Waals surface area contributed by atoms with Crippen LogP contribution in [-0.2, 0) is 0 Å². The zero-order valence-corrected chi connectivity index (χ0v) is 10.9. The number of hydrogen-bond donors (Lipinski definition) is 2. The van der Waals surface area contributed by atoms with Crippen LogP contribution in [0.25, 0.3) is 0 Å². The molecule has 0 atom stereocenters. The van der Waals surface area contributed by atoms with Crippen LogP contribution >= 0.6 is 0 Å². The van der Waals surface area contributed by atoms with E-state index in [0.29, 0.717) is 11.8 Å². The van der Waals surface area contributed by atoms with E-state index in [-0.39, 0.29) is 11.6 Å². The summed E-state index contributed by atoms with van der Waals surface area (Å²) >= 11 is 0. The lowest BCUT2D eigenvalue weighted by Crippen LogP contribution is -2.56. The van der Waals surface area contributed by atoms with Crippen LogP contribution in [-0.4, -0.2) is 53.9 Å². The van der Waals surface area contributed by atoms with Gasteiger partial charge in [-0.3, -0.25) is 10.7 Å². The molecular weight excluding hydrogens is 216 g/mol. The van der Waals surface area contributed by atoms with Gasteiger partial charge in [-0.1, -0.05) is 13.8 Å². The van der Waals surface area contributed by atoms with E-state index < -0.39 is 0 Å². The molecule has 2 heterocycles. The summed E-state index contributed by atoms with van der Waals surface area (Å²) in [6, 6.07) is -0.0896. The lowest BCUT2D eigenvalue weighted by atomic mass is 9.85. The average molecular weight is 238 g/mol. The first-order chi connectivity index (χ1) is 7.95. The molecule has 2 fully saturated rings. The van der Waals surface area contributed by atoms with E-state index in [1.54, 1.807) is 0 Å². The van der Waals surface area contributed by atoms with Gasteiger partial charge in [0.1, 0.15) is 11.4 Å². The van der Waals surface area contributed by atoms with Crippen LogP contribution in [0.1, 0.15) is 26.7 Å². The Morgan fingerprint density at radius 2 is 2.00 bits per heavy atom. The smallest absolute Gasteiger partial charge is 0.311 e. The highest BCUT2D eigenvalue weighted by atomic mass is 16.2. The van der Waals surface area contributed by atoms with Crippen molar-refractivity contribution in [2.45, 2.75) is 32.2 Å². The van der Waals surface area contributed by atoms with Gasteiger partial charge in [0.05, 0.1) is 0 Å². The van der Waals surface area contributed by atoms with E-state index in [2.05, 4.69) is 31.1 Å². The van der Waals surface area contributed by atoms with Gasteiger partial charge in [-0.25, -0.2) is 4.79 Å². The molecule has 0 unspecified atom stereocenters. The summed E-state index contributed by atoms with van der Waals surface area (Å²) in [6.07, 6.45) is 1.74. The van der Waals surface area contributed by atoms with Crippen LogP contribution in [0.2, 0.25) is 0 Å². The van der Waals surface area contributed by atoms with Crippen molar-refractivity contribution in [1.29, 1.82) is 5.41 Å². The number of nitrogens with one attached hydrogen (secondary N) is 2. The van der Waals surface area contributed by atoms with Crippen LogP contribution in [0, 0.1) is 11.3 Å². The molecule has 2 amide bonds. The lowest BCUT2D eigenvalue weighted by Gasteiger charge is -2.43.